The summed E-state index contributed by atoms with van der Waals surface area (Å²) in [6.07, 6.45) is 4.63. The van der Waals surface area contributed by atoms with Gasteiger partial charge in [-0.25, -0.2) is 4.79 Å². The van der Waals surface area contributed by atoms with Gasteiger partial charge in [-0.3, -0.25) is 9.78 Å². The maximum absolute atomic E-state index is 12.6. The number of nitrogens with one attached hydrogen (secondary N) is 1. The molecule has 29 heavy (non-hydrogen) atoms. The van der Waals surface area contributed by atoms with Crippen molar-refractivity contribution in [2.75, 3.05) is 33.2 Å². The van der Waals surface area contributed by atoms with E-state index in [-0.39, 0.29) is 17.3 Å². The zero-order valence-corrected chi connectivity index (χ0v) is 16.9. The molecule has 2 fully saturated rings. The molecule has 1 aliphatic heterocycles. The Hall–Kier alpha value is -2.68. The molecule has 1 aliphatic carbocycles. The molecule has 4 rings (SSSR count). The van der Waals surface area contributed by atoms with Gasteiger partial charge < -0.3 is 19.1 Å². The van der Waals surface area contributed by atoms with Gasteiger partial charge in [0.15, 0.2) is 0 Å². The summed E-state index contributed by atoms with van der Waals surface area (Å²) in [6, 6.07) is 1.30. The van der Waals surface area contributed by atoms with Crippen LogP contribution in [0.2, 0.25) is 0 Å². The van der Waals surface area contributed by atoms with E-state index in [1.807, 2.05) is 0 Å². The number of oxime groups is 1. The molecule has 0 atom stereocenters. The molecule has 2 aromatic rings. The van der Waals surface area contributed by atoms with Gasteiger partial charge in [0, 0.05) is 38.2 Å². The second kappa shape index (κ2) is 8.36. The highest BCUT2D eigenvalue weighted by Gasteiger charge is 2.33. The van der Waals surface area contributed by atoms with E-state index < -0.39 is 5.63 Å². The molecule has 0 aromatic carbocycles. The standard InChI is InChI=1S/C20H27N5O4/c1-3-4-5-14-12-15(26)28-19-16(14)18(27)21-20(22-19)29-23-17(13-6-7-13)25-10-8-24(2)9-11-25/h12-13H,3-11H2,1-2H3,(H,21,22,27)/b23-17+. The molecule has 9 heteroatoms. The molecule has 2 aliphatic rings. The van der Waals surface area contributed by atoms with Gasteiger partial charge in [0.1, 0.15) is 11.2 Å². The van der Waals surface area contributed by atoms with Gasteiger partial charge in [-0.1, -0.05) is 18.5 Å². The van der Waals surface area contributed by atoms with Gasteiger partial charge >= 0.3 is 11.6 Å². The number of likely N-dealkylation sites (N-methyl/N-ethyl adjacent to an activating group) is 1. The lowest BCUT2D eigenvalue weighted by atomic mass is 10.1. The molecule has 1 saturated carbocycles. The fraction of sp³-hybridized carbons (Fsp3) is 0.600. The van der Waals surface area contributed by atoms with E-state index in [1.54, 1.807) is 0 Å². The van der Waals surface area contributed by atoms with Crippen molar-refractivity contribution in [2.45, 2.75) is 39.0 Å². The lowest BCUT2D eigenvalue weighted by Gasteiger charge is -2.34. The minimum Gasteiger partial charge on any atom is -0.403 e. The molecule has 0 spiro atoms. The predicted octanol–water partition coefficient (Wildman–Crippen LogP) is 1.57. The smallest absolute Gasteiger partial charge is 0.337 e. The Morgan fingerprint density at radius 3 is 2.76 bits per heavy atom. The first-order chi connectivity index (χ1) is 14.0. The van der Waals surface area contributed by atoms with E-state index in [4.69, 9.17) is 9.25 Å². The molecule has 3 heterocycles. The van der Waals surface area contributed by atoms with Gasteiger partial charge in [-0.15, -0.1) is 0 Å². The summed E-state index contributed by atoms with van der Waals surface area (Å²) in [4.78, 5) is 41.4. The van der Waals surface area contributed by atoms with Crippen molar-refractivity contribution in [2.24, 2.45) is 11.1 Å². The van der Waals surface area contributed by atoms with Crippen molar-refractivity contribution in [3.8, 4) is 6.01 Å². The third-order valence-corrected chi connectivity index (χ3v) is 5.47. The van der Waals surface area contributed by atoms with Crippen molar-refractivity contribution >= 4 is 16.9 Å². The van der Waals surface area contributed by atoms with Crippen molar-refractivity contribution in [1.82, 2.24) is 19.8 Å². The Morgan fingerprint density at radius 2 is 2.07 bits per heavy atom. The summed E-state index contributed by atoms with van der Waals surface area (Å²) in [5.74, 6) is 1.29. The normalized spacial score (nSPS) is 18.4. The largest absolute Gasteiger partial charge is 0.403 e. The Balaban J connectivity index is 1.61. The lowest BCUT2D eigenvalue weighted by molar-refractivity contribution is 0.204. The van der Waals surface area contributed by atoms with Gasteiger partial charge in [0.25, 0.3) is 5.56 Å². The van der Waals surface area contributed by atoms with E-state index in [0.29, 0.717) is 23.3 Å². The summed E-state index contributed by atoms with van der Waals surface area (Å²) in [5.41, 5.74) is -0.266. The molecule has 0 radical (unpaired) electrons. The number of aromatic amines is 1. The van der Waals surface area contributed by atoms with Crippen LogP contribution in [0.3, 0.4) is 0 Å². The number of rotatable bonds is 6. The van der Waals surface area contributed by atoms with E-state index in [1.165, 1.54) is 6.07 Å². The number of aromatic nitrogens is 2. The Morgan fingerprint density at radius 1 is 1.31 bits per heavy atom. The van der Waals surface area contributed by atoms with Crippen LogP contribution in [-0.4, -0.2) is 58.8 Å². The molecular formula is C20H27N5O4. The van der Waals surface area contributed by atoms with Crippen LogP contribution in [-0.2, 0) is 6.42 Å². The number of H-pyrrole nitrogens is 1. The molecule has 1 N–H and O–H groups in total. The molecular weight excluding hydrogens is 374 g/mol. The minimum absolute atomic E-state index is 0.00915. The Kier molecular flexibility index (Phi) is 5.66. The number of piperazine rings is 1. The Bertz CT molecular complexity index is 1020. The number of unbranched alkanes of at least 4 members (excludes halogenated alkanes) is 1. The van der Waals surface area contributed by atoms with Crippen LogP contribution in [0.4, 0.5) is 0 Å². The number of hydrogen-bond donors (Lipinski definition) is 1. The summed E-state index contributed by atoms with van der Waals surface area (Å²) in [5, 5.41) is 4.62. The number of amidine groups is 1. The molecule has 156 valence electrons. The third-order valence-electron chi connectivity index (χ3n) is 5.47. The average Bonchev–Trinajstić information content (AvgIpc) is 3.52. The number of fused-ring (bicyclic) bond motifs is 1. The monoisotopic (exact) mass is 401 g/mol. The summed E-state index contributed by atoms with van der Waals surface area (Å²) in [7, 11) is 2.11. The SMILES string of the molecule is CCCCc1cc(=O)oc2nc(O/N=C(\C3CC3)N3CCN(C)CC3)[nH]c(=O)c12. The van der Waals surface area contributed by atoms with E-state index in [9.17, 15) is 9.59 Å². The van der Waals surface area contributed by atoms with Gasteiger partial charge in [0.05, 0.1) is 0 Å². The van der Waals surface area contributed by atoms with Crippen molar-refractivity contribution in [3.63, 3.8) is 0 Å². The van der Waals surface area contributed by atoms with Crippen LogP contribution in [0.1, 0.15) is 38.2 Å². The second-order valence-electron chi connectivity index (χ2n) is 7.85. The van der Waals surface area contributed by atoms with Crippen LogP contribution >= 0.6 is 0 Å². The molecule has 0 amide bonds. The van der Waals surface area contributed by atoms with Crippen LogP contribution in [0.15, 0.2) is 25.2 Å². The highest BCUT2D eigenvalue weighted by molar-refractivity contribution is 5.86. The third kappa shape index (κ3) is 4.50. The highest BCUT2D eigenvalue weighted by Crippen LogP contribution is 2.32. The maximum atomic E-state index is 12.6. The first-order valence-corrected chi connectivity index (χ1v) is 10.3. The molecule has 1 saturated heterocycles. The van der Waals surface area contributed by atoms with E-state index >= 15 is 0 Å². The van der Waals surface area contributed by atoms with Crippen molar-refractivity contribution < 1.29 is 9.25 Å². The van der Waals surface area contributed by atoms with E-state index in [0.717, 1.165) is 57.7 Å². The predicted molar refractivity (Wildman–Crippen MR) is 109 cm³/mol. The molecule has 2 aromatic heterocycles. The molecule has 0 unspecified atom stereocenters. The highest BCUT2D eigenvalue weighted by atomic mass is 16.6. The fourth-order valence-corrected chi connectivity index (χ4v) is 3.59. The van der Waals surface area contributed by atoms with Gasteiger partial charge in [-0.05, 0) is 38.3 Å². The van der Waals surface area contributed by atoms with Gasteiger partial charge in [-0.2, -0.15) is 4.98 Å². The molecule has 0 bridgehead atoms. The Labute approximate surface area is 168 Å². The summed E-state index contributed by atoms with van der Waals surface area (Å²) >= 11 is 0. The first kappa shape index (κ1) is 19.6. The first-order valence-electron chi connectivity index (χ1n) is 10.3. The minimum atomic E-state index is -0.521. The summed E-state index contributed by atoms with van der Waals surface area (Å²) in [6.45, 7) is 5.79. The van der Waals surface area contributed by atoms with Gasteiger partial charge in [0.2, 0.25) is 5.71 Å². The van der Waals surface area contributed by atoms with Crippen LogP contribution in [0.25, 0.3) is 11.1 Å². The zero-order chi connectivity index (χ0) is 20.4. The zero-order valence-electron chi connectivity index (χ0n) is 16.9. The summed E-state index contributed by atoms with van der Waals surface area (Å²) < 4.78 is 5.17. The fourth-order valence-electron chi connectivity index (χ4n) is 3.59. The lowest BCUT2D eigenvalue weighted by Crippen LogP contribution is -2.47. The number of hydrogen-bond acceptors (Lipinski definition) is 7. The van der Waals surface area contributed by atoms with Crippen molar-refractivity contribution in [1.29, 1.82) is 0 Å². The average molecular weight is 401 g/mol. The number of nitrogens with zero attached hydrogens (tertiary/aromatic N) is 4. The maximum Gasteiger partial charge on any atom is 0.337 e. The van der Waals surface area contributed by atoms with E-state index in [2.05, 4.69) is 38.9 Å². The number of aryl methyl sites for hydroxylation is 1. The van der Waals surface area contributed by atoms with Crippen LogP contribution in [0.5, 0.6) is 6.01 Å². The second-order valence-corrected chi connectivity index (χ2v) is 7.85. The quantitative estimate of drug-likeness (QED) is 0.445. The van der Waals surface area contributed by atoms with Crippen molar-refractivity contribution in [3.05, 3.63) is 32.4 Å². The van der Waals surface area contributed by atoms with Crippen LogP contribution < -0.4 is 16.0 Å². The van der Waals surface area contributed by atoms with Crippen LogP contribution in [0, 0.1) is 5.92 Å². The molecule has 9 nitrogen and oxygen atoms in total. The topological polar surface area (TPSA) is 104 Å².